The van der Waals surface area contributed by atoms with Crippen LogP contribution in [0, 0.1) is 0 Å². The second-order valence-electron chi connectivity index (χ2n) is 25.4. The minimum absolute atomic E-state index is 1.22. The quantitative estimate of drug-likeness (QED) is 0.0936. The third-order valence-corrected chi connectivity index (χ3v) is 20.8. The first kappa shape index (κ1) is 48.8. The molecule has 0 saturated carbocycles. The van der Waals surface area contributed by atoms with Gasteiger partial charge in [-0.2, -0.15) is 21.9 Å². The van der Waals surface area contributed by atoms with E-state index in [0.29, 0.717) is 0 Å². The molecule has 0 aliphatic carbocycles. The highest BCUT2D eigenvalue weighted by Gasteiger charge is 2.37. The second kappa shape index (κ2) is 18.3. The largest absolute Gasteiger partial charge is 0.187 e. The summed E-state index contributed by atoms with van der Waals surface area (Å²) in [4.78, 5) is 0. The summed E-state index contributed by atoms with van der Waals surface area (Å²) in [6.45, 7) is 0. The summed E-state index contributed by atoms with van der Waals surface area (Å²) < 4.78 is 0. The average Bonchev–Trinajstić information content (AvgIpc) is 0.779. The maximum Gasteiger partial charge on any atom is 0.111 e. The van der Waals surface area contributed by atoms with E-state index in [1.165, 1.54) is 194 Å². The molecule has 0 bridgehead atoms. The van der Waals surface area contributed by atoms with E-state index in [0.717, 1.165) is 0 Å². The van der Waals surface area contributed by atoms with Gasteiger partial charge in [-0.25, -0.2) is 0 Å². The normalized spacial score (nSPS) is 12.5. The molecule has 1 heteroatoms. The molecule has 0 saturated heterocycles. The molecule has 0 heterocycles. The summed E-state index contributed by atoms with van der Waals surface area (Å²) in [5.41, 5.74) is 5.19. The van der Waals surface area contributed by atoms with E-state index in [9.17, 15) is 0 Å². The second-order valence-corrected chi connectivity index (χ2v) is 25.4. The third kappa shape index (κ3) is 7.13. The van der Waals surface area contributed by atoms with Gasteiger partial charge in [0.25, 0.3) is 0 Å². The number of rotatable bonds is 4. The molecule has 0 atom stereocenters. The van der Waals surface area contributed by atoms with E-state index in [4.69, 9.17) is 0 Å². The molecule has 0 radical (unpaired) electrons. The standard InChI is InChI=1S/C88H52B/c1-5-17-57-45-73-65(37-53(57)13-1)29-33-69-41-61-21-9-25-85(81(61)49-77(69)73)89(86-26-10-22-62-42-70-34-30-66-38-54-14-2-6-18-58(54)46-74(66)78(70)50-82(62)86,87-27-11-23-63-43-71-35-31-67-39-55-15-3-7-19-59(55)47-75(67)79(71)51-83(63)87)88-28-12-24-64-44-72-36-32-68-40-56-16-4-8-20-60(56)48-76(68)80(72)52-84(64)88/h1-52H/q-1. The Morgan fingerprint density at radius 3 is 0.483 bits per heavy atom. The average molecular weight is 1120 g/mol. The zero-order chi connectivity index (χ0) is 58.1. The molecule has 0 aliphatic rings. The summed E-state index contributed by atoms with van der Waals surface area (Å²) in [6.07, 6.45) is -2.23. The van der Waals surface area contributed by atoms with Crippen molar-refractivity contribution in [1.29, 1.82) is 0 Å². The van der Waals surface area contributed by atoms with Crippen molar-refractivity contribution in [2.24, 2.45) is 0 Å². The number of benzene rings is 20. The minimum atomic E-state index is -2.23. The lowest BCUT2D eigenvalue weighted by Gasteiger charge is -2.47. The first-order chi connectivity index (χ1) is 44.0. The predicted octanol–water partition coefficient (Wildman–Crippen LogP) is 21.5. The topological polar surface area (TPSA) is 0 Å². The Morgan fingerprint density at radius 2 is 0.270 bits per heavy atom. The van der Waals surface area contributed by atoms with Crippen LogP contribution in [0.1, 0.15) is 0 Å². The molecule has 20 rings (SSSR count). The highest BCUT2D eigenvalue weighted by molar-refractivity contribution is 7.23. The van der Waals surface area contributed by atoms with Crippen LogP contribution in [-0.4, -0.2) is 6.15 Å². The van der Waals surface area contributed by atoms with Crippen molar-refractivity contribution in [2.45, 2.75) is 0 Å². The van der Waals surface area contributed by atoms with Crippen LogP contribution in [0.2, 0.25) is 0 Å². The van der Waals surface area contributed by atoms with E-state index in [1.807, 2.05) is 0 Å². The maximum atomic E-state index is 2.57. The zero-order valence-electron chi connectivity index (χ0n) is 48.6. The molecule has 0 N–H and O–H groups in total. The maximum absolute atomic E-state index is 2.57. The Kier molecular flexibility index (Phi) is 10.1. The lowest BCUT2D eigenvalue weighted by atomic mass is 9.12. The highest BCUT2D eigenvalue weighted by Crippen LogP contribution is 2.40. The van der Waals surface area contributed by atoms with Gasteiger partial charge < -0.3 is 0 Å². The fraction of sp³-hybridized carbons (Fsp3) is 0. The first-order valence-corrected chi connectivity index (χ1v) is 31.3. The lowest BCUT2D eigenvalue weighted by molar-refractivity contribution is 1.74. The molecule has 0 unspecified atom stereocenters. The number of hydrogen-bond donors (Lipinski definition) is 0. The van der Waals surface area contributed by atoms with E-state index in [2.05, 4.69) is 315 Å². The van der Waals surface area contributed by atoms with Gasteiger partial charge in [-0.15, -0.1) is 0 Å². The molecular weight excluding hydrogens is 1070 g/mol. The summed E-state index contributed by atoms with van der Waals surface area (Å²) >= 11 is 0. The van der Waals surface area contributed by atoms with Crippen LogP contribution in [0.3, 0.4) is 0 Å². The fourth-order valence-electron chi connectivity index (χ4n) is 16.7. The summed E-state index contributed by atoms with van der Waals surface area (Å²) in [6, 6.07) is 122. The zero-order valence-corrected chi connectivity index (χ0v) is 48.6. The third-order valence-electron chi connectivity index (χ3n) is 20.8. The highest BCUT2D eigenvalue weighted by atomic mass is 14.2. The Hall–Kier alpha value is -11.4. The molecule has 0 fully saturated rings. The van der Waals surface area contributed by atoms with Crippen molar-refractivity contribution < 1.29 is 0 Å². The predicted molar refractivity (Wildman–Crippen MR) is 390 cm³/mol. The minimum Gasteiger partial charge on any atom is -0.187 e. The van der Waals surface area contributed by atoms with Gasteiger partial charge in [0.05, 0.1) is 0 Å². The molecule has 89 heavy (non-hydrogen) atoms. The number of fused-ring (bicyclic) bond motifs is 20. The molecule has 0 amide bonds. The van der Waals surface area contributed by atoms with Gasteiger partial charge in [0.1, 0.15) is 6.15 Å². The van der Waals surface area contributed by atoms with E-state index < -0.39 is 6.15 Å². The Balaban J connectivity index is 1.01. The SMILES string of the molecule is c1ccc2cc3c(ccc4cc5cccc([B-](c6cccc7cc8ccc9cc%10ccccc%10cc9c8cc67)(c6cccc7cc8ccc9cc%10ccccc%10cc9c8cc67)c6cccc7cc8ccc9cc%10ccccc%10cc9c8cc67)c5cc43)cc2c1. The van der Waals surface area contributed by atoms with Gasteiger partial charge in [0.15, 0.2) is 0 Å². The summed E-state index contributed by atoms with van der Waals surface area (Å²) in [7, 11) is 0. The molecule has 0 aliphatic heterocycles. The Labute approximate surface area is 512 Å². The van der Waals surface area contributed by atoms with Gasteiger partial charge >= 0.3 is 0 Å². The van der Waals surface area contributed by atoms with Gasteiger partial charge in [0.2, 0.25) is 0 Å². The van der Waals surface area contributed by atoms with Gasteiger partial charge in [-0.05, 0) is 248 Å². The fourth-order valence-corrected chi connectivity index (χ4v) is 16.7. The van der Waals surface area contributed by atoms with Gasteiger partial charge in [0, 0.05) is 0 Å². The molecule has 20 aromatic rings. The van der Waals surface area contributed by atoms with Gasteiger partial charge in [-0.3, -0.25) is 0 Å². The van der Waals surface area contributed by atoms with E-state index >= 15 is 0 Å². The van der Waals surface area contributed by atoms with Crippen molar-refractivity contribution in [3.8, 4) is 0 Å². The molecule has 0 aromatic heterocycles. The molecule has 0 spiro atoms. The summed E-state index contributed by atoms with van der Waals surface area (Å²) in [5.74, 6) is 0. The van der Waals surface area contributed by atoms with Crippen LogP contribution < -0.4 is 21.9 Å². The molecular formula is C88H52B-. The van der Waals surface area contributed by atoms with Crippen molar-refractivity contribution in [3.63, 3.8) is 0 Å². The van der Waals surface area contributed by atoms with Crippen molar-refractivity contribution in [2.75, 3.05) is 0 Å². The smallest absolute Gasteiger partial charge is 0.111 e. The van der Waals surface area contributed by atoms with Crippen LogP contribution >= 0.6 is 0 Å². The Bertz CT molecular complexity index is 5750. The van der Waals surface area contributed by atoms with Crippen LogP contribution in [0.4, 0.5) is 0 Å². The molecule has 20 aromatic carbocycles. The van der Waals surface area contributed by atoms with Gasteiger partial charge in [-0.1, -0.05) is 240 Å². The van der Waals surface area contributed by atoms with Crippen molar-refractivity contribution in [3.05, 3.63) is 315 Å². The van der Waals surface area contributed by atoms with E-state index in [-0.39, 0.29) is 0 Å². The first-order valence-electron chi connectivity index (χ1n) is 31.3. The van der Waals surface area contributed by atoms with Crippen molar-refractivity contribution in [1.82, 2.24) is 0 Å². The monoisotopic (exact) mass is 1120 g/mol. The van der Waals surface area contributed by atoms with Crippen LogP contribution in [-0.2, 0) is 0 Å². The van der Waals surface area contributed by atoms with Crippen LogP contribution in [0.25, 0.3) is 172 Å². The summed E-state index contributed by atoms with van der Waals surface area (Å²) in [5, 5.41) is 39.8. The van der Waals surface area contributed by atoms with Crippen LogP contribution in [0.15, 0.2) is 315 Å². The number of hydrogen-bond acceptors (Lipinski definition) is 0. The molecule has 408 valence electrons. The van der Waals surface area contributed by atoms with Crippen molar-refractivity contribution >= 4 is 200 Å². The molecule has 0 nitrogen and oxygen atoms in total. The van der Waals surface area contributed by atoms with Crippen LogP contribution in [0.5, 0.6) is 0 Å². The Morgan fingerprint density at radius 1 is 0.112 bits per heavy atom. The lowest BCUT2D eigenvalue weighted by Crippen LogP contribution is -2.75. The van der Waals surface area contributed by atoms with E-state index in [1.54, 1.807) is 0 Å².